The molecule has 2 aromatic rings. The number of hydrogen-bond acceptors (Lipinski definition) is 2. The van der Waals surface area contributed by atoms with Gasteiger partial charge in [0.2, 0.25) is 0 Å². The van der Waals surface area contributed by atoms with Gasteiger partial charge in [-0.05, 0) is 5.56 Å². The van der Waals surface area contributed by atoms with E-state index in [1.54, 1.807) is 17.9 Å². The lowest BCUT2D eigenvalue weighted by Gasteiger charge is -2.19. The Hall–Kier alpha value is -1.32. The van der Waals surface area contributed by atoms with Gasteiger partial charge in [-0.2, -0.15) is 5.10 Å². The molecule has 0 fully saturated rings. The van der Waals surface area contributed by atoms with Gasteiger partial charge in [-0.15, -0.1) is 0 Å². The average molecular weight is 251 g/mol. The standard InChI is InChI=1S/C13H15ClN2O/c1-9(10-6-4-3-5-7-10)13(17)12-11(14)8-15-16(12)2/h3-9,13,17H,1-2H3. The first kappa shape index (κ1) is 12.1. The van der Waals surface area contributed by atoms with Gasteiger partial charge < -0.3 is 5.11 Å². The molecule has 0 bridgehead atoms. The minimum atomic E-state index is -0.655. The molecule has 0 aliphatic carbocycles. The Morgan fingerprint density at radius 2 is 1.94 bits per heavy atom. The van der Waals surface area contributed by atoms with Crippen molar-refractivity contribution >= 4 is 11.6 Å². The Balaban J connectivity index is 2.30. The molecule has 0 amide bonds. The monoisotopic (exact) mass is 250 g/mol. The average Bonchev–Trinajstić information content (AvgIpc) is 2.68. The lowest BCUT2D eigenvalue weighted by molar-refractivity contribution is 0.142. The topological polar surface area (TPSA) is 38.1 Å². The summed E-state index contributed by atoms with van der Waals surface area (Å²) in [7, 11) is 1.78. The molecule has 1 aromatic carbocycles. The van der Waals surface area contributed by atoms with Crippen molar-refractivity contribution in [3.8, 4) is 0 Å². The number of aromatic nitrogens is 2. The summed E-state index contributed by atoms with van der Waals surface area (Å²) in [6.07, 6.45) is 0.898. The van der Waals surface area contributed by atoms with Gasteiger partial charge in [-0.25, -0.2) is 0 Å². The maximum Gasteiger partial charge on any atom is 0.104 e. The fraction of sp³-hybridized carbons (Fsp3) is 0.308. The second-order valence-corrected chi connectivity index (χ2v) is 4.55. The van der Waals surface area contributed by atoms with Gasteiger partial charge in [0.15, 0.2) is 0 Å². The van der Waals surface area contributed by atoms with E-state index in [1.807, 2.05) is 37.3 Å². The van der Waals surface area contributed by atoms with Crippen molar-refractivity contribution in [2.45, 2.75) is 18.9 Å². The van der Waals surface area contributed by atoms with Crippen LogP contribution in [0.2, 0.25) is 5.02 Å². The molecule has 0 saturated carbocycles. The summed E-state index contributed by atoms with van der Waals surface area (Å²) < 4.78 is 1.62. The molecule has 0 aliphatic heterocycles. The fourth-order valence-electron chi connectivity index (χ4n) is 1.93. The minimum Gasteiger partial charge on any atom is -0.386 e. The Morgan fingerprint density at radius 3 is 2.47 bits per heavy atom. The largest absolute Gasteiger partial charge is 0.386 e. The van der Waals surface area contributed by atoms with Crippen LogP contribution in [-0.2, 0) is 7.05 Å². The SMILES string of the molecule is CC(c1ccccc1)C(O)c1c(Cl)cnn1C. The number of halogens is 1. The summed E-state index contributed by atoms with van der Waals surface area (Å²) in [6.45, 7) is 1.98. The van der Waals surface area contributed by atoms with Gasteiger partial charge in [-0.3, -0.25) is 4.68 Å². The Kier molecular flexibility index (Phi) is 3.50. The van der Waals surface area contributed by atoms with Gasteiger partial charge in [0.05, 0.1) is 16.9 Å². The molecule has 17 heavy (non-hydrogen) atoms. The van der Waals surface area contributed by atoms with Crippen molar-refractivity contribution in [3.63, 3.8) is 0 Å². The number of aryl methyl sites for hydroxylation is 1. The summed E-state index contributed by atoms with van der Waals surface area (Å²) in [5.74, 6) is -0.0240. The normalized spacial score (nSPS) is 14.6. The van der Waals surface area contributed by atoms with Crippen molar-refractivity contribution in [1.29, 1.82) is 0 Å². The summed E-state index contributed by atoms with van der Waals surface area (Å²) in [5.41, 5.74) is 1.74. The molecule has 0 radical (unpaired) electrons. The van der Waals surface area contributed by atoms with E-state index in [-0.39, 0.29) is 5.92 Å². The number of hydrogen-bond donors (Lipinski definition) is 1. The van der Waals surface area contributed by atoms with Crippen LogP contribution in [0.4, 0.5) is 0 Å². The van der Waals surface area contributed by atoms with Crippen LogP contribution >= 0.6 is 11.6 Å². The molecule has 2 unspecified atom stereocenters. The Labute approximate surface area is 106 Å². The third-order valence-electron chi connectivity index (χ3n) is 3.02. The number of rotatable bonds is 3. The molecule has 2 rings (SSSR count). The van der Waals surface area contributed by atoms with Gasteiger partial charge in [0.25, 0.3) is 0 Å². The predicted molar refractivity (Wildman–Crippen MR) is 68.0 cm³/mol. The molecule has 0 aliphatic rings. The summed E-state index contributed by atoms with van der Waals surface area (Å²) in [6, 6.07) is 9.88. The van der Waals surface area contributed by atoms with Crippen molar-refractivity contribution in [2.24, 2.45) is 7.05 Å². The van der Waals surface area contributed by atoms with Crippen LogP contribution in [0.1, 0.15) is 30.2 Å². The van der Waals surface area contributed by atoms with Crippen LogP contribution in [-0.4, -0.2) is 14.9 Å². The summed E-state index contributed by atoms with van der Waals surface area (Å²) >= 11 is 6.03. The molecule has 1 N–H and O–H groups in total. The molecule has 0 saturated heterocycles. The van der Waals surface area contributed by atoms with E-state index in [4.69, 9.17) is 11.6 Å². The van der Waals surface area contributed by atoms with E-state index in [0.29, 0.717) is 10.7 Å². The van der Waals surface area contributed by atoms with Crippen LogP contribution in [0, 0.1) is 0 Å². The number of aliphatic hydroxyl groups excluding tert-OH is 1. The number of benzene rings is 1. The van der Waals surface area contributed by atoms with Gasteiger partial charge >= 0.3 is 0 Å². The van der Waals surface area contributed by atoms with Crippen molar-refractivity contribution in [2.75, 3.05) is 0 Å². The van der Waals surface area contributed by atoms with E-state index in [1.165, 1.54) is 0 Å². The Morgan fingerprint density at radius 1 is 1.29 bits per heavy atom. The zero-order valence-electron chi connectivity index (χ0n) is 9.84. The number of nitrogens with zero attached hydrogens (tertiary/aromatic N) is 2. The highest BCUT2D eigenvalue weighted by Gasteiger charge is 2.23. The minimum absolute atomic E-state index is 0.0240. The van der Waals surface area contributed by atoms with Crippen LogP contribution in [0.15, 0.2) is 36.5 Å². The van der Waals surface area contributed by atoms with Crippen LogP contribution < -0.4 is 0 Å². The molecular weight excluding hydrogens is 236 g/mol. The highest BCUT2D eigenvalue weighted by atomic mass is 35.5. The molecule has 1 aromatic heterocycles. The van der Waals surface area contributed by atoms with Crippen molar-refractivity contribution in [3.05, 3.63) is 52.8 Å². The first-order chi connectivity index (χ1) is 8.11. The van der Waals surface area contributed by atoms with E-state index in [2.05, 4.69) is 5.10 Å². The van der Waals surface area contributed by atoms with Crippen LogP contribution in [0.5, 0.6) is 0 Å². The van der Waals surface area contributed by atoms with E-state index in [0.717, 1.165) is 5.56 Å². The maximum absolute atomic E-state index is 10.3. The number of aliphatic hydroxyl groups is 1. The highest BCUT2D eigenvalue weighted by Crippen LogP contribution is 2.33. The zero-order chi connectivity index (χ0) is 12.4. The van der Waals surface area contributed by atoms with Gasteiger partial charge in [0, 0.05) is 13.0 Å². The van der Waals surface area contributed by atoms with Crippen molar-refractivity contribution < 1.29 is 5.11 Å². The molecule has 0 spiro atoms. The van der Waals surface area contributed by atoms with E-state index in [9.17, 15) is 5.11 Å². The smallest absolute Gasteiger partial charge is 0.104 e. The van der Waals surface area contributed by atoms with Crippen LogP contribution in [0.3, 0.4) is 0 Å². The lowest BCUT2D eigenvalue weighted by atomic mass is 9.93. The zero-order valence-corrected chi connectivity index (χ0v) is 10.6. The summed E-state index contributed by atoms with van der Waals surface area (Å²) in [5, 5.41) is 14.9. The highest BCUT2D eigenvalue weighted by molar-refractivity contribution is 6.31. The first-order valence-corrected chi connectivity index (χ1v) is 5.89. The molecular formula is C13H15ClN2O. The molecule has 1 heterocycles. The third kappa shape index (κ3) is 2.35. The Bertz CT molecular complexity index is 476. The van der Waals surface area contributed by atoms with Gasteiger partial charge in [0.1, 0.15) is 6.10 Å². The lowest BCUT2D eigenvalue weighted by Crippen LogP contribution is -2.12. The quantitative estimate of drug-likeness (QED) is 0.910. The maximum atomic E-state index is 10.3. The van der Waals surface area contributed by atoms with E-state index >= 15 is 0 Å². The van der Waals surface area contributed by atoms with Crippen LogP contribution in [0.25, 0.3) is 0 Å². The molecule has 2 atom stereocenters. The second-order valence-electron chi connectivity index (χ2n) is 4.15. The van der Waals surface area contributed by atoms with Gasteiger partial charge in [-0.1, -0.05) is 48.9 Å². The summed E-state index contributed by atoms with van der Waals surface area (Å²) in [4.78, 5) is 0. The first-order valence-electron chi connectivity index (χ1n) is 5.51. The third-order valence-corrected chi connectivity index (χ3v) is 3.31. The molecule has 90 valence electrons. The predicted octanol–water partition coefficient (Wildman–Crippen LogP) is 2.91. The van der Waals surface area contributed by atoms with Crippen molar-refractivity contribution in [1.82, 2.24) is 9.78 Å². The molecule has 4 heteroatoms. The second kappa shape index (κ2) is 4.90. The molecule has 3 nitrogen and oxygen atoms in total. The van der Waals surface area contributed by atoms with E-state index < -0.39 is 6.10 Å². The fourth-order valence-corrected chi connectivity index (χ4v) is 2.21.